The number of amides is 2. The van der Waals surface area contributed by atoms with Gasteiger partial charge in [-0.05, 0) is 27.3 Å². The fourth-order valence-corrected chi connectivity index (χ4v) is 2.24. The normalized spacial score (nSPS) is 20.9. The minimum absolute atomic E-state index is 0.0662. The lowest BCUT2D eigenvalue weighted by Crippen LogP contribution is -2.62. The molecule has 0 aliphatic carbocycles. The molecule has 94 valence electrons. The van der Waals surface area contributed by atoms with Crippen LogP contribution in [0.1, 0.15) is 33.6 Å². The minimum Gasteiger partial charge on any atom is -0.338 e. The van der Waals surface area contributed by atoms with Crippen molar-refractivity contribution in [3.63, 3.8) is 0 Å². The highest BCUT2D eigenvalue weighted by atomic mass is 16.2. The van der Waals surface area contributed by atoms with E-state index in [9.17, 15) is 4.79 Å². The van der Waals surface area contributed by atoms with Gasteiger partial charge in [-0.1, -0.05) is 13.3 Å². The summed E-state index contributed by atoms with van der Waals surface area (Å²) in [5.41, 5.74) is -0.0662. The van der Waals surface area contributed by atoms with E-state index < -0.39 is 0 Å². The van der Waals surface area contributed by atoms with Crippen LogP contribution in [0, 0.1) is 0 Å². The molecule has 1 fully saturated rings. The number of carbonyl (C=O) groups excluding carboxylic acids is 1. The predicted molar refractivity (Wildman–Crippen MR) is 66.6 cm³/mol. The Bertz CT molecular complexity index is 240. The Balaban J connectivity index is 2.48. The quantitative estimate of drug-likeness (QED) is 0.742. The molecule has 1 N–H and O–H groups in total. The SMILES string of the molecule is CCCCNC(=O)N1CCN(C)CC1(C)C. The molecular formula is C12H25N3O. The molecule has 1 rings (SSSR count). The van der Waals surface area contributed by atoms with Crippen molar-refractivity contribution in [3.8, 4) is 0 Å². The van der Waals surface area contributed by atoms with Crippen LogP contribution in [0.25, 0.3) is 0 Å². The van der Waals surface area contributed by atoms with Crippen molar-refractivity contribution in [1.82, 2.24) is 15.1 Å². The smallest absolute Gasteiger partial charge is 0.317 e. The maximum absolute atomic E-state index is 12.0. The van der Waals surface area contributed by atoms with Gasteiger partial charge in [0.25, 0.3) is 0 Å². The fourth-order valence-electron chi connectivity index (χ4n) is 2.24. The van der Waals surface area contributed by atoms with Crippen molar-refractivity contribution in [2.75, 3.05) is 33.2 Å². The van der Waals surface area contributed by atoms with Gasteiger partial charge < -0.3 is 15.1 Å². The van der Waals surface area contributed by atoms with Crippen molar-refractivity contribution in [3.05, 3.63) is 0 Å². The second-order valence-electron chi connectivity index (χ2n) is 5.29. The van der Waals surface area contributed by atoms with E-state index in [1.54, 1.807) is 0 Å². The van der Waals surface area contributed by atoms with Gasteiger partial charge in [-0.3, -0.25) is 0 Å². The fraction of sp³-hybridized carbons (Fsp3) is 0.917. The summed E-state index contributed by atoms with van der Waals surface area (Å²) in [7, 11) is 2.11. The van der Waals surface area contributed by atoms with Crippen molar-refractivity contribution in [2.45, 2.75) is 39.2 Å². The number of likely N-dealkylation sites (N-methyl/N-ethyl adjacent to an activating group) is 1. The first kappa shape index (κ1) is 13.3. The van der Waals surface area contributed by atoms with E-state index in [1.807, 2.05) is 4.90 Å². The Labute approximate surface area is 99.0 Å². The third-order valence-electron chi connectivity index (χ3n) is 3.14. The average Bonchev–Trinajstić information content (AvgIpc) is 2.16. The molecule has 1 saturated heterocycles. The van der Waals surface area contributed by atoms with E-state index in [0.29, 0.717) is 0 Å². The lowest BCUT2D eigenvalue weighted by Gasteiger charge is -2.45. The number of nitrogens with zero attached hydrogens (tertiary/aromatic N) is 2. The summed E-state index contributed by atoms with van der Waals surface area (Å²) in [6.45, 7) is 9.90. The summed E-state index contributed by atoms with van der Waals surface area (Å²) < 4.78 is 0. The monoisotopic (exact) mass is 227 g/mol. The Morgan fingerprint density at radius 1 is 1.38 bits per heavy atom. The average molecular weight is 227 g/mol. The van der Waals surface area contributed by atoms with E-state index in [4.69, 9.17) is 0 Å². The molecule has 2 amide bonds. The van der Waals surface area contributed by atoms with Crippen LogP contribution in [-0.2, 0) is 0 Å². The summed E-state index contributed by atoms with van der Waals surface area (Å²) in [4.78, 5) is 16.2. The number of urea groups is 1. The van der Waals surface area contributed by atoms with Crippen molar-refractivity contribution < 1.29 is 4.79 Å². The highest BCUT2D eigenvalue weighted by Crippen LogP contribution is 2.19. The first-order valence-corrected chi connectivity index (χ1v) is 6.21. The zero-order valence-corrected chi connectivity index (χ0v) is 11.0. The second-order valence-corrected chi connectivity index (χ2v) is 5.29. The topological polar surface area (TPSA) is 35.6 Å². The molecule has 4 heteroatoms. The van der Waals surface area contributed by atoms with Gasteiger partial charge in [0, 0.05) is 26.2 Å². The van der Waals surface area contributed by atoms with Crippen LogP contribution in [0.2, 0.25) is 0 Å². The second kappa shape index (κ2) is 5.53. The molecule has 0 aromatic heterocycles. The largest absolute Gasteiger partial charge is 0.338 e. The number of rotatable bonds is 3. The van der Waals surface area contributed by atoms with E-state index >= 15 is 0 Å². The third-order valence-corrected chi connectivity index (χ3v) is 3.14. The molecule has 1 aliphatic heterocycles. The predicted octanol–water partition coefficient (Wildman–Crippen LogP) is 1.52. The number of unbranched alkanes of at least 4 members (excludes halogenated alkanes) is 1. The Kier molecular flexibility index (Phi) is 4.59. The van der Waals surface area contributed by atoms with Crippen LogP contribution in [0.3, 0.4) is 0 Å². The molecule has 0 saturated carbocycles. The number of piperazine rings is 1. The Hall–Kier alpha value is -0.770. The molecule has 0 radical (unpaired) electrons. The highest BCUT2D eigenvalue weighted by Gasteiger charge is 2.35. The van der Waals surface area contributed by atoms with E-state index in [-0.39, 0.29) is 11.6 Å². The highest BCUT2D eigenvalue weighted by molar-refractivity contribution is 5.75. The summed E-state index contributed by atoms with van der Waals surface area (Å²) in [6, 6.07) is 0.0894. The summed E-state index contributed by atoms with van der Waals surface area (Å²) in [5.74, 6) is 0. The molecule has 0 spiro atoms. The van der Waals surface area contributed by atoms with Crippen molar-refractivity contribution in [2.24, 2.45) is 0 Å². The number of hydrogen-bond acceptors (Lipinski definition) is 2. The van der Waals surface area contributed by atoms with Crippen LogP contribution in [0.4, 0.5) is 4.79 Å². The number of hydrogen-bond donors (Lipinski definition) is 1. The van der Waals surface area contributed by atoms with Crippen LogP contribution in [0.15, 0.2) is 0 Å². The molecule has 0 bridgehead atoms. The molecule has 16 heavy (non-hydrogen) atoms. The molecule has 0 unspecified atom stereocenters. The third kappa shape index (κ3) is 3.37. The van der Waals surface area contributed by atoms with Crippen LogP contribution < -0.4 is 5.32 Å². The van der Waals surface area contributed by atoms with Gasteiger partial charge in [-0.15, -0.1) is 0 Å². The van der Waals surface area contributed by atoms with Crippen LogP contribution in [-0.4, -0.2) is 54.6 Å². The van der Waals surface area contributed by atoms with E-state index in [0.717, 1.165) is 39.0 Å². The molecule has 4 nitrogen and oxygen atoms in total. The van der Waals surface area contributed by atoms with E-state index in [2.05, 4.69) is 38.0 Å². The minimum atomic E-state index is -0.0662. The molecular weight excluding hydrogens is 202 g/mol. The first-order valence-electron chi connectivity index (χ1n) is 6.21. The summed E-state index contributed by atoms with van der Waals surface area (Å²) >= 11 is 0. The molecule has 0 aromatic carbocycles. The standard InChI is InChI=1S/C12H25N3O/c1-5-6-7-13-11(16)15-9-8-14(4)10-12(15,2)3/h5-10H2,1-4H3,(H,13,16). The van der Waals surface area contributed by atoms with Gasteiger partial charge in [-0.2, -0.15) is 0 Å². The van der Waals surface area contributed by atoms with E-state index in [1.165, 1.54) is 0 Å². The van der Waals surface area contributed by atoms with Gasteiger partial charge in [0.2, 0.25) is 0 Å². The molecule has 1 aliphatic rings. The molecule has 1 heterocycles. The number of carbonyl (C=O) groups is 1. The van der Waals surface area contributed by atoms with Gasteiger partial charge >= 0.3 is 6.03 Å². The van der Waals surface area contributed by atoms with Crippen molar-refractivity contribution >= 4 is 6.03 Å². The molecule has 0 atom stereocenters. The summed E-state index contributed by atoms with van der Waals surface area (Å²) in [5, 5.41) is 2.99. The maximum Gasteiger partial charge on any atom is 0.317 e. The summed E-state index contributed by atoms with van der Waals surface area (Å²) in [6.07, 6.45) is 2.17. The number of nitrogens with one attached hydrogen (secondary N) is 1. The Morgan fingerprint density at radius 2 is 2.06 bits per heavy atom. The lowest BCUT2D eigenvalue weighted by atomic mass is 10.00. The maximum atomic E-state index is 12.0. The van der Waals surface area contributed by atoms with Crippen LogP contribution in [0.5, 0.6) is 0 Å². The zero-order valence-electron chi connectivity index (χ0n) is 11.0. The van der Waals surface area contributed by atoms with Gasteiger partial charge in [0.1, 0.15) is 0 Å². The van der Waals surface area contributed by atoms with Gasteiger partial charge in [-0.25, -0.2) is 4.79 Å². The van der Waals surface area contributed by atoms with Gasteiger partial charge in [0.05, 0.1) is 5.54 Å². The Morgan fingerprint density at radius 3 is 2.62 bits per heavy atom. The van der Waals surface area contributed by atoms with Crippen LogP contribution >= 0.6 is 0 Å². The van der Waals surface area contributed by atoms with Gasteiger partial charge in [0.15, 0.2) is 0 Å². The zero-order chi connectivity index (χ0) is 12.2. The molecule has 0 aromatic rings. The van der Waals surface area contributed by atoms with Crippen molar-refractivity contribution in [1.29, 1.82) is 0 Å². The first-order chi connectivity index (χ1) is 7.47. The lowest BCUT2D eigenvalue weighted by molar-refractivity contribution is 0.0593.